The molecule has 0 bridgehead atoms. The van der Waals surface area contributed by atoms with Crippen molar-refractivity contribution in [2.75, 3.05) is 25.1 Å². The van der Waals surface area contributed by atoms with Crippen molar-refractivity contribution in [2.24, 2.45) is 0 Å². The van der Waals surface area contributed by atoms with Gasteiger partial charge in [-0.25, -0.2) is 9.97 Å². The van der Waals surface area contributed by atoms with E-state index in [1.807, 2.05) is 25.7 Å². The molecule has 33 heavy (non-hydrogen) atoms. The van der Waals surface area contributed by atoms with E-state index in [0.29, 0.717) is 17.5 Å². The molecular weight excluding hydrogens is 457 g/mol. The predicted molar refractivity (Wildman–Crippen MR) is 138 cm³/mol. The van der Waals surface area contributed by atoms with Crippen molar-refractivity contribution < 1.29 is 4.79 Å². The second-order valence-corrected chi connectivity index (χ2v) is 7.61. The number of anilines is 1. The number of hydrogen-bond acceptors (Lipinski definition) is 5. The zero-order chi connectivity index (χ0) is 24.1. The van der Waals surface area contributed by atoms with Crippen LogP contribution >= 0.6 is 20.8 Å². The molecule has 0 aliphatic heterocycles. The highest BCUT2D eigenvalue weighted by atomic mass is 35.5. The summed E-state index contributed by atoms with van der Waals surface area (Å²) < 4.78 is 1.56. The van der Waals surface area contributed by atoms with Crippen LogP contribution in [0, 0.1) is 0 Å². The summed E-state index contributed by atoms with van der Waals surface area (Å²) in [6.45, 7) is 5.12. The Balaban J connectivity index is 0.00000187. The molecule has 1 aromatic carbocycles. The molecule has 1 amide bonds. The lowest BCUT2D eigenvalue weighted by atomic mass is 10.1. The highest BCUT2D eigenvalue weighted by molar-refractivity contribution is 7.15. The number of amides is 1. The topological polar surface area (TPSA) is 88.9 Å². The Bertz CT molecular complexity index is 1040. The van der Waals surface area contributed by atoms with Gasteiger partial charge in [-0.15, -0.1) is 9.24 Å². The second-order valence-electron chi connectivity index (χ2n) is 7.18. The smallest absolute Gasteiger partial charge is 0.263 e. The maximum atomic E-state index is 12.9. The summed E-state index contributed by atoms with van der Waals surface area (Å²) in [5.74, 6) is 0.266. The SMILES string of the molecule is CP.C[C@@H](c1ccc(Cl)cc1)n1cccc(C(=O)NCCCCCNc2ncccn2)c1=O. The molecule has 0 aliphatic rings. The molecule has 0 saturated carbocycles. The Morgan fingerprint density at radius 1 is 1.03 bits per heavy atom. The van der Waals surface area contributed by atoms with Gasteiger partial charge in [0.1, 0.15) is 5.56 Å². The largest absolute Gasteiger partial charge is 0.354 e. The summed E-state index contributed by atoms with van der Waals surface area (Å²) in [6.07, 6.45) is 7.78. The van der Waals surface area contributed by atoms with Crippen LogP contribution in [0.5, 0.6) is 0 Å². The second kappa shape index (κ2) is 14.4. The van der Waals surface area contributed by atoms with Gasteiger partial charge in [0.05, 0.1) is 6.04 Å². The minimum Gasteiger partial charge on any atom is -0.354 e. The maximum absolute atomic E-state index is 12.9. The van der Waals surface area contributed by atoms with Crippen molar-refractivity contribution in [3.63, 3.8) is 0 Å². The van der Waals surface area contributed by atoms with Crippen molar-refractivity contribution in [3.05, 3.63) is 87.6 Å². The highest BCUT2D eigenvalue weighted by Crippen LogP contribution is 2.18. The average molecular weight is 488 g/mol. The number of nitrogens with one attached hydrogen (secondary N) is 2. The molecular formula is C24H31ClN5O2P. The maximum Gasteiger partial charge on any atom is 0.263 e. The Kier molecular flexibility index (Phi) is 11.6. The molecule has 2 N–H and O–H groups in total. The van der Waals surface area contributed by atoms with E-state index in [1.54, 1.807) is 53.5 Å². The monoisotopic (exact) mass is 487 g/mol. The minimum atomic E-state index is -0.349. The Hall–Kier alpha value is -2.76. The lowest BCUT2D eigenvalue weighted by Gasteiger charge is -2.16. The first-order chi connectivity index (χ1) is 16.1. The van der Waals surface area contributed by atoms with E-state index in [-0.39, 0.29) is 23.1 Å². The molecule has 176 valence electrons. The Morgan fingerprint density at radius 2 is 1.70 bits per heavy atom. The number of carbonyl (C=O) groups is 1. The third kappa shape index (κ3) is 8.26. The molecule has 0 spiro atoms. The van der Waals surface area contributed by atoms with Crippen LogP contribution in [0.4, 0.5) is 5.95 Å². The average Bonchev–Trinajstić information content (AvgIpc) is 2.85. The van der Waals surface area contributed by atoms with Crippen molar-refractivity contribution in [2.45, 2.75) is 32.2 Å². The van der Waals surface area contributed by atoms with Gasteiger partial charge in [-0.3, -0.25) is 9.59 Å². The molecule has 2 aromatic heterocycles. The zero-order valence-electron chi connectivity index (χ0n) is 19.0. The molecule has 0 radical (unpaired) electrons. The van der Waals surface area contributed by atoms with Crippen LogP contribution in [0.2, 0.25) is 5.02 Å². The third-order valence-electron chi connectivity index (χ3n) is 4.98. The van der Waals surface area contributed by atoms with Crippen molar-refractivity contribution in [1.82, 2.24) is 19.9 Å². The summed E-state index contributed by atoms with van der Waals surface area (Å²) in [5.41, 5.74) is 0.777. The summed E-state index contributed by atoms with van der Waals surface area (Å²) in [5, 5.41) is 6.64. The number of rotatable bonds is 10. The molecule has 2 atom stereocenters. The number of unbranched alkanes of at least 4 members (excludes halogenated alkanes) is 2. The van der Waals surface area contributed by atoms with Crippen molar-refractivity contribution in [1.29, 1.82) is 0 Å². The number of nitrogens with zero attached hydrogens (tertiary/aromatic N) is 3. The van der Waals surface area contributed by atoms with Crippen LogP contribution in [-0.4, -0.2) is 40.2 Å². The molecule has 2 heterocycles. The zero-order valence-corrected chi connectivity index (χ0v) is 20.9. The molecule has 3 aromatic rings. The van der Waals surface area contributed by atoms with Gasteiger partial charge in [0.25, 0.3) is 11.5 Å². The molecule has 7 nitrogen and oxygen atoms in total. The number of pyridine rings is 1. The Labute approximate surface area is 202 Å². The van der Waals surface area contributed by atoms with E-state index in [1.165, 1.54) is 0 Å². The summed E-state index contributed by atoms with van der Waals surface area (Å²) in [6, 6.07) is 12.2. The van der Waals surface area contributed by atoms with Crippen LogP contribution < -0.4 is 16.2 Å². The summed E-state index contributed by atoms with van der Waals surface area (Å²) in [7, 11) is 2.42. The van der Waals surface area contributed by atoms with Gasteiger partial charge < -0.3 is 15.2 Å². The van der Waals surface area contributed by atoms with Gasteiger partial charge in [0.15, 0.2) is 0 Å². The molecule has 0 saturated heterocycles. The van der Waals surface area contributed by atoms with Crippen molar-refractivity contribution in [3.8, 4) is 0 Å². The van der Waals surface area contributed by atoms with E-state index in [9.17, 15) is 9.59 Å². The number of carbonyl (C=O) groups excluding carboxylic acids is 1. The van der Waals surface area contributed by atoms with E-state index >= 15 is 0 Å². The fourth-order valence-electron chi connectivity index (χ4n) is 3.20. The number of halogens is 1. The van der Waals surface area contributed by atoms with Crippen LogP contribution in [0.25, 0.3) is 0 Å². The first-order valence-corrected chi connectivity index (χ1v) is 12.4. The summed E-state index contributed by atoms with van der Waals surface area (Å²) >= 11 is 5.95. The predicted octanol–water partition coefficient (Wildman–Crippen LogP) is 4.40. The van der Waals surface area contributed by atoms with Gasteiger partial charge in [0.2, 0.25) is 5.95 Å². The lowest BCUT2D eigenvalue weighted by molar-refractivity contribution is 0.0950. The summed E-state index contributed by atoms with van der Waals surface area (Å²) in [4.78, 5) is 33.6. The van der Waals surface area contributed by atoms with Crippen LogP contribution in [0.15, 0.2) is 65.8 Å². The lowest BCUT2D eigenvalue weighted by Crippen LogP contribution is -2.34. The quantitative estimate of drug-likeness (QED) is 0.327. The Morgan fingerprint density at radius 3 is 2.39 bits per heavy atom. The fourth-order valence-corrected chi connectivity index (χ4v) is 3.33. The van der Waals surface area contributed by atoms with Crippen LogP contribution in [-0.2, 0) is 0 Å². The normalized spacial score (nSPS) is 11.2. The minimum absolute atomic E-state index is 0.145. The molecule has 3 rings (SSSR count). The van der Waals surface area contributed by atoms with Crippen LogP contribution in [0.3, 0.4) is 0 Å². The standard InChI is InChI=1S/C23H26ClN5O2.CH5P/c1-17(18-8-10-19(24)11-9-18)29-16-5-7-20(22(29)31)21(30)25-12-3-2-4-13-26-23-27-14-6-15-28-23;1-2/h5-11,14-17H,2-4,12-13H2,1H3,(H,25,30)(H,26,27,28);2H2,1H3/t17-;/m0./s1. The first kappa shape index (κ1) is 26.5. The molecule has 9 heteroatoms. The number of hydrogen-bond donors (Lipinski definition) is 2. The van der Waals surface area contributed by atoms with Gasteiger partial charge in [0, 0.05) is 36.7 Å². The number of benzene rings is 1. The van der Waals surface area contributed by atoms with Gasteiger partial charge in [-0.05, 0) is 62.1 Å². The molecule has 1 unspecified atom stereocenters. The van der Waals surface area contributed by atoms with E-state index in [0.717, 1.165) is 31.4 Å². The third-order valence-corrected chi connectivity index (χ3v) is 5.23. The first-order valence-electron chi connectivity index (χ1n) is 10.9. The van der Waals surface area contributed by atoms with Gasteiger partial charge in [-0.2, -0.15) is 0 Å². The van der Waals surface area contributed by atoms with Crippen molar-refractivity contribution >= 4 is 32.7 Å². The molecule has 0 aliphatic carbocycles. The van der Waals surface area contributed by atoms with E-state index in [2.05, 4.69) is 29.8 Å². The van der Waals surface area contributed by atoms with Crippen LogP contribution in [0.1, 0.15) is 48.1 Å². The fraction of sp³-hybridized carbons (Fsp3) is 0.333. The number of aromatic nitrogens is 3. The van der Waals surface area contributed by atoms with Gasteiger partial charge in [-0.1, -0.05) is 30.4 Å². The van der Waals surface area contributed by atoms with E-state index in [4.69, 9.17) is 11.6 Å². The van der Waals surface area contributed by atoms with Gasteiger partial charge >= 0.3 is 0 Å². The van der Waals surface area contributed by atoms with E-state index < -0.39 is 0 Å². The highest BCUT2D eigenvalue weighted by Gasteiger charge is 2.15. The molecule has 0 fully saturated rings.